The molecule has 5 heteroatoms. The summed E-state index contributed by atoms with van der Waals surface area (Å²) in [5, 5.41) is 1.33. The predicted octanol–water partition coefficient (Wildman–Crippen LogP) is 4.48. The van der Waals surface area contributed by atoms with Gasteiger partial charge in [0.05, 0.1) is 17.7 Å². The van der Waals surface area contributed by atoms with Crippen molar-refractivity contribution in [1.82, 2.24) is 9.55 Å². The number of hydrogen-bond donors (Lipinski definition) is 0. The van der Waals surface area contributed by atoms with Crippen LogP contribution in [0.2, 0.25) is 5.15 Å². The second-order valence-electron chi connectivity index (χ2n) is 5.99. The van der Waals surface area contributed by atoms with Crippen LogP contribution in [-0.2, 0) is 4.74 Å². The van der Waals surface area contributed by atoms with Crippen LogP contribution in [0.15, 0.2) is 23.6 Å². The maximum Gasteiger partial charge on any atom is 0.262 e. The van der Waals surface area contributed by atoms with Crippen LogP contribution in [0.3, 0.4) is 0 Å². The summed E-state index contributed by atoms with van der Waals surface area (Å²) >= 11 is 6.09. The first-order valence-electron chi connectivity index (χ1n) is 8.07. The maximum absolute atomic E-state index is 13.2. The largest absolute Gasteiger partial charge is 0.494 e. The van der Waals surface area contributed by atoms with Gasteiger partial charge in [-0.1, -0.05) is 31.0 Å². The molecule has 0 bridgehead atoms. The molecule has 3 rings (SSSR count). The van der Waals surface area contributed by atoms with Crippen molar-refractivity contribution >= 4 is 28.3 Å². The number of ether oxygens (including phenoxy) is 1. The third-order valence-corrected chi connectivity index (χ3v) is 4.81. The van der Waals surface area contributed by atoms with Crippen molar-refractivity contribution in [3.05, 3.63) is 45.5 Å². The summed E-state index contributed by atoms with van der Waals surface area (Å²) in [4.78, 5) is 17.4. The van der Waals surface area contributed by atoms with Crippen molar-refractivity contribution < 1.29 is 4.74 Å². The van der Waals surface area contributed by atoms with Crippen LogP contribution in [0.4, 0.5) is 0 Å². The molecule has 1 aliphatic carbocycles. The fourth-order valence-corrected chi connectivity index (χ4v) is 3.69. The molecule has 23 heavy (non-hydrogen) atoms. The van der Waals surface area contributed by atoms with Crippen LogP contribution in [0.25, 0.3) is 16.7 Å². The molecule has 0 unspecified atom stereocenters. The number of aryl methyl sites for hydroxylation is 1. The standard InChI is InChI=1S/C18H21ClN2O2/c1-4-23-12(3)17-11(2)14-10-20-16(19)9-15(14)21(18(17)22)13-7-5-6-8-13/h9-10,13H,3-8H2,1-2H3. The second kappa shape index (κ2) is 6.36. The lowest BCUT2D eigenvalue weighted by Crippen LogP contribution is -2.28. The van der Waals surface area contributed by atoms with E-state index in [0.29, 0.717) is 23.1 Å². The van der Waals surface area contributed by atoms with Gasteiger partial charge in [0.2, 0.25) is 0 Å². The Morgan fingerprint density at radius 1 is 1.48 bits per heavy atom. The van der Waals surface area contributed by atoms with Crippen molar-refractivity contribution in [3.63, 3.8) is 0 Å². The van der Waals surface area contributed by atoms with Crippen molar-refractivity contribution in [2.45, 2.75) is 45.6 Å². The average Bonchev–Trinajstić information content (AvgIpc) is 3.01. The Hall–Kier alpha value is -1.81. The average molecular weight is 333 g/mol. The summed E-state index contributed by atoms with van der Waals surface area (Å²) in [7, 11) is 0. The Labute approximate surface area is 140 Å². The number of pyridine rings is 2. The topological polar surface area (TPSA) is 44.1 Å². The van der Waals surface area contributed by atoms with E-state index >= 15 is 0 Å². The van der Waals surface area contributed by atoms with Crippen LogP contribution >= 0.6 is 11.6 Å². The molecule has 1 aliphatic rings. The van der Waals surface area contributed by atoms with E-state index < -0.39 is 0 Å². The van der Waals surface area contributed by atoms with Gasteiger partial charge in [-0.2, -0.15) is 0 Å². The highest BCUT2D eigenvalue weighted by Crippen LogP contribution is 2.33. The van der Waals surface area contributed by atoms with E-state index in [4.69, 9.17) is 16.3 Å². The van der Waals surface area contributed by atoms with E-state index in [2.05, 4.69) is 11.6 Å². The normalized spacial score (nSPS) is 15.3. The predicted molar refractivity (Wildman–Crippen MR) is 93.9 cm³/mol. The quantitative estimate of drug-likeness (QED) is 0.612. The summed E-state index contributed by atoms with van der Waals surface area (Å²) in [6.07, 6.45) is 6.05. The first kappa shape index (κ1) is 16.1. The molecule has 122 valence electrons. The molecule has 0 saturated heterocycles. The Morgan fingerprint density at radius 2 is 2.17 bits per heavy atom. The minimum atomic E-state index is -0.0392. The van der Waals surface area contributed by atoms with Gasteiger partial charge in [0, 0.05) is 17.6 Å². The van der Waals surface area contributed by atoms with Crippen molar-refractivity contribution in [2.75, 3.05) is 6.61 Å². The molecule has 0 aromatic carbocycles. The monoisotopic (exact) mass is 332 g/mol. The van der Waals surface area contributed by atoms with Gasteiger partial charge in [-0.3, -0.25) is 4.79 Å². The van der Waals surface area contributed by atoms with E-state index in [1.54, 1.807) is 12.3 Å². The first-order chi connectivity index (χ1) is 11.0. The van der Waals surface area contributed by atoms with Crippen molar-refractivity contribution in [3.8, 4) is 0 Å². The lowest BCUT2D eigenvalue weighted by Gasteiger charge is -2.21. The Morgan fingerprint density at radius 3 is 2.83 bits per heavy atom. The highest BCUT2D eigenvalue weighted by molar-refractivity contribution is 6.30. The van der Waals surface area contributed by atoms with Gasteiger partial charge < -0.3 is 9.30 Å². The third-order valence-electron chi connectivity index (χ3n) is 4.61. The van der Waals surface area contributed by atoms with Gasteiger partial charge in [-0.05, 0) is 38.3 Å². The molecule has 0 amide bonds. The molecular formula is C18H21ClN2O2. The summed E-state index contributed by atoms with van der Waals surface area (Å²) < 4.78 is 7.40. The SMILES string of the molecule is C=C(OCC)c1c(C)c2cnc(Cl)cc2n(C2CCCC2)c1=O. The number of aromatic nitrogens is 2. The summed E-state index contributed by atoms with van der Waals surface area (Å²) in [5.74, 6) is 0.429. The fourth-order valence-electron chi connectivity index (χ4n) is 3.53. The minimum absolute atomic E-state index is 0.0392. The van der Waals surface area contributed by atoms with E-state index in [0.717, 1.165) is 42.1 Å². The molecule has 1 saturated carbocycles. The summed E-state index contributed by atoms with van der Waals surface area (Å²) in [6.45, 7) is 8.23. The van der Waals surface area contributed by atoms with E-state index in [1.165, 1.54) is 0 Å². The lowest BCUT2D eigenvalue weighted by molar-refractivity contribution is 0.298. The van der Waals surface area contributed by atoms with Gasteiger partial charge in [0.25, 0.3) is 5.56 Å². The smallest absolute Gasteiger partial charge is 0.262 e. The van der Waals surface area contributed by atoms with Crippen LogP contribution in [-0.4, -0.2) is 16.2 Å². The van der Waals surface area contributed by atoms with Crippen LogP contribution in [0, 0.1) is 6.92 Å². The molecule has 0 radical (unpaired) electrons. The van der Waals surface area contributed by atoms with E-state index in [9.17, 15) is 4.79 Å². The zero-order chi connectivity index (χ0) is 16.6. The number of rotatable bonds is 4. The van der Waals surface area contributed by atoms with Crippen LogP contribution in [0.1, 0.15) is 49.8 Å². The van der Waals surface area contributed by atoms with E-state index in [1.807, 2.05) is 18.4 Å². The van der Waals surface area contributed by atoms with Gasteiger partial charge in [-0.15, -0.1) is 0 Å². The van der Waals surface area contributed by atoms with E-state index in [-0.39, 0.29) is 11.6 Å². The maximum atomic E-state index is 13.2. The highest BCUT2D eigenvalue weighted by Gasteiger charge is 2.24. The molecule has 2 aromatic heterocycles. The highest BCUT2D eigenvalue weighted by atomic mass is 35.5. The molecule has 2 aromatic rings. The Bertz CT molecular complexity index is 820. The molecule has 1 fully saturated rings. The Kier molecular flexibility index (Phi) is 4.44. The van der Waals surface area contributed by atoms with Crippen LogP contribution < -0.4 is 5.56 Å². The summed E-state index contributed by atoms with van der Waals surface area (Å²) in [5.41, 5.74) is 2.22. The molecule has 4 nitrogen and oxygen atoms in total. The number of halogens is 1. The minimum Gasteiger partial charge on any atom is -0.494 e. The molecule has 2 heterocycles. The summed E-state index contributed by atoms with van der Waals surface area (Å²) in [6, 6.07) is 1.99. The molecule has 0 spiro atoms. The molecule has 0 atom stereocenters. The molecular weight excluding hydrogens is 312 g/mol. The molecule has 0 aliphatic heterocycles. The van der Waals surface area contributed by atoms with Crippen molar-refractivity contribution in [2.24, 2.45) is 0 Å². The van der Waals surface area contributed by atoms with Gasteiger partial charge in [0.15, 0.2) is 0 Å². The Balaban J connectivity index is 2.35. The second-order valence-corrected chi connectivity index (χ2v) is 6.38. The number of fused-ring (bicyclic) bond motifs is 1. The van der Waals surface area contributed by atoms with Gasteiger partial charge >= 0.3 is 0 Å². The molecule has 0 N–H and O–H groups in total. The number of nitrogens with zero attached hydrogens (tertiary/aromatic N) is 2. The lowest BCUT2D eigenvalue weighted by atomic mass is 10.0. The fraction of sp³-hybridized carbons (Fsp3) is 0.444. The van der Waals surface area contributed by atoms with Crippen LogP contribution in [0.5, 0.6) is 0 Å². The zero-order valence-corrected chi connectivity index (χ0v) is 14.3. The van der Waals surface area contributed by atoms with Gasteiger partial charge in [-0.25, -0.2) is 4.98 Å². The number of hydrogen-bond acceptors (Lipinski definition) is 3. The first-order valence-corrected chi connectivity index (χ1v) is 8.44. The van der Waals surface area contributed by atoms with Gasteiger partial charge in [0.1, 0.15) is 10.9 Å². The van der Waals surface area contributed by atoms with Crippen molar-refractivity contribution in [1.29, 1.82) is 0 Å². The zero-order valence-electron chi connectivity index (χ0n) is 13.6. The third kappa shape index (κ3) is 2.76.